The molecule has 0 unspecified atom stereocenters. The molecule has 1 heterocycles. The minimum absolute atomic E-state index is 0.00391. The fraction of sp³-hybridized carbons (Fsp3) is 0.483. The second-order valence-electron chi connectivity index (χ2n) is 9.95. The van der Waals surface area contributed by atoms with Crippen molar-refractivity contribution in [2.24, 2.45) is 5.92 Å². The molecule has 1 amide bonds. The third-order valence-electron chi connectivity index (χ3n) is 7.62. The maximum Gasteiger partial charge on any atom is 0.247 e. The van der Waals surface area contributed by atoms with Gasteiger partial charge < -0.3 is 19.5 Å². The van der Waals surface area contributed by atoms with Gasteiger partial charge in [-0.15, -0.1) is 0 Å². The van der Waals surface area contributed by atoms with Crippen LogP contribution in [-0.2, 0) is 4.79 Å². The number of hydrogen-bond donors (Lipinski definition) is 1. The van der Waals surface area contributed by atoms with Crippen LogP contribution in [0, 0.1) is 5.92 Å². The van der Waals surface area contributed by atoms with E-state index in [1.807, 2.05) is 29.2 Å². The number of carbonyl (C=O) groups excluding carboxylic acids is 1. The highest BCUT2D eigenvalue weighted by atomic mass is 16.5. The van der Waals surface area contributed by atoms with Crippen LogP contribution >= 0.6 is 0 Å². The smallest absolute Gasteiger partial charge is 0.247 e. The van der Waals surface area contributed by atoms with E-state index in [4.69, 9.17) is 9.47 Å². The molecule has 34 heavy (non-hydrogen) atoms. The molecule has 2 aliphatic rings. The summed E-state index contributed by atoms with van der Waals surface area (Å²) in [6.07, 6.45) is 7.97. The number of carbonyl (C=O) groups is 1. The normalized spacial score (nSPS) is 24.8. The molecule has 0 radical (unpaired) electrons. The zero-order valence-corrected chi connectivity index (χ0v) is 20.8. The summed E-state index contributed by atoms with van der Waals surface area (Å²) in [6.45, 7) is 4.87. The molecular weight excluding hydrogens is 426 g/mol. The molecule has 4 rings (SSSR count). The highest BCUT2D eigenvalue weighted by molar-refractivity contribution is 5.92. The van der Waals surface area contributed by atoms with Gasteiger partial charge in [0.2, 0.25) is 5.91 Å². The number of aliphatic hydroxyl groups is 1. The fourth-order valence-electron chi connectivity index (χ4n) is 5.63. The van der Waals surface area contributed by atoms with Crippen molar-refractivity contribution >= 4 is 12.0 Å². The van der Waals surface area contributed by atoms with Gasteiger partial charge in [0.15, 0.2) is 11.5 Å². The number of ether oxygens (including phenoxy) is 2. The van der Waals surface area contributed by atoms with Crippen LogP contribution in [0.15, 0.2) is 48.5 Å². The average molecular weight is 464 g/mol. The van der Waals surface area contributed by atoms with Crippen LogP contribution in [0.1, 0.15) is 74.6 Å². The maximum absolute atomic E-state index is 13.5. The second-order valence-corrected chi connectivity index (χ2v) is 9.95. The lowest BCUT2D eigenvalue weighted by atomic mass is 9.66. The molecule has 3 atom stereocenters. The first-order valence-electron chi connectivity index (χ1n) is 12.4. The lowest BCUT2D eigenvalue weighted by Gasteiger charge is -2.52. The standard InChI is InChI=1S/C29H37NO4/c1-20(2)22-11-8-21(9-12-22)10-15-27(31)30-18-17-29(32)16-6-5-7-24(29)28(30)23-13-14-25(33-3)26(19-23)34-4/h8-15,19-20,24,28,32H,5-7,16-18H2,1-4H3/b15-10+/t24-,28+,29-/m1/s1. The number of hydrogen-bond acceptors (Lipinski definition) is 4. The van der Waals surface area contributed by atoms with Gasteiger partial charge >= 0.3 is 0 Å². The fourth-order valence-corrected chi connectivity index (χ4v) is 5.63. The summed E-state index contributed by atoms with van der Waals surface area (Å²) in [7, 11) is 3.24. The van der Waals surface area contributed by atoms with Crippen molar-refractivity contribution in [3.8, 4) is 11.5 Å². The Morgan fingerprint density at radius 2 is 1.79 bits per heavy atom. The van der Waals surface area contributed by atoms with Crippen molar-refractivity contribution in [2.45, 2.75) is 63.5 Å². The first-order valence-corrected chi connectivity index (χ1v) is 12.4. The van der Waals surface area contributed by atoms with E-state index in [0.29, 0.717) is 30.4 Å². The number of fused-ring (bicyclic) bond motifs is 1. The lowest BCUT2D eigenvalue weighted by molar-refractivity contribution is -0.150. The molecule has 5 heteroatoms. The Bertz CT molecular complexity index is 1030. The molecule has 1 saturated carbocycles. The summed E-state index contributed by atoms with van der Waals surface area (Å²) in [5.41, 5.74) is 2.53. The minimum Gasteiger partial charge on any atom is -0.493 e. The predicted molar refractivity (Wildman–Crippen MR) is 135 cm³/mol. The summed E-state index contributed by atoms with van der Waals surface area (Å²) >= 11 is 0. The molecule has 1 saturated heterocycles. The van der Waals surface area contributed by atoms with E-state index in [1.165, 1.54) is 5.56 Å². The molecule has 1 aliphatic carbocycles. The molecular formula is C29H37NO4. The van der Waals surface area contributed by atoms with E-state index in [2.05, 4.69) is 38.1 Å². The van der Waals surface area contributed by atoms with Crippen LogP contribution in [0.5, 0.6) is 11.5 Å². The Morgan fingerprint density at radius 3 is 2.47 bits per heavy atom. The van der Waals surface area contributed by atoms with Crippen LogP contribution in [0.2, 0.25) is 0 Å². The minimum atomic E-state index is -0.733. The molecule has 0 bridgehead atoms. The molecule has 2 aromatic rings. The number of likely N-dealkylation sites (tertiary alicyclic amines) is 1. The van der Waals surface area contributed by atoms with E-state index < -0.39 is 5.60 Å². The van der Waals surface area contributed by atoms with Crippen LogP contribution in [-0.4, -0.2) is 42.3 Å². The molecule has 1 N–H and O–H groups in total. The molecule has 0 spiro atoms. The number of piperidine rings is 1. The SMILES string of the molecule is COc1ccc([C@H]2[C@H]3CCCC[C@@]3(O)CCN2C(=O)/C=C/c2ccc(C(C)C)cc2)cc1OC. The number of rotatable bonds is 6. The molecule has 0 aromatic heterocycles. The maximum atomic E-state index is 13.5. The molecule has 182 valence electrons. The number of benzene rings is 2. The zero-order valence-electron chi connectivity index (χ0n) is 20.8. The van der Waals surface area contributed by atoms with Gasteiger partial charge in [0.25, 0.3) is 0 Å². The van der Waals surface area contributed by atoms with E-state index in [-0.39, 0.29) is 17.9 Å². The third kappa shape index (κ3) is 4.85. The van der Waals surface area contributed by atoms with E-state index in [0.717, 1.165) is 36.8 Å². The van der Waals surface area contributed by atoms with Gasteiger partial charge in [-0.25, -0.2) is 0 Å². The first-order chi connectivity index (χ1) is 16.4. The molecule has 2 aromatic carbocycles. The van der Waals surface area contributed by atoms with Crippen molar-refractivity contribution in [3.05, 3.63) is 65.2 Å². The van der Waals surface area contributed by atoms with Crippen LogP contribution in [0.3, 0.4) is 0 Å². The van der Waals surface area contributed by atoms with Gasteiger partial charge in [0.1, 0.15) is 0 Å². The van der Waals surface area contributed by atoms with Crippen LogP contribution in [0.25, 0.3) is 6.08 Å². The first kappa shape index (κ1) is 24.3. The average Bonchev–Trinajstić information content (AvgIpc) is 2.86. The Morgan fingerprint density at radius 1 is 1.06 bits per heavy atom. The predicted octanol–water partition coefficient (Wildman–Crippen LogP) is 5.74. The number of nitrogens with zero attached hydrogens (tertiary/aromatic N) is 1. The van der Waals surface area contributed by atoms with E-state index in [9.17, 15) is 9.90 Å². The monoisotopic (exact) mass is 463 g/mol. The second kappa shape index (κ2) is 10.2. The third-order valence-corrected chi connectivity index (χ3v) is 7.62. The lowest BCUT2D eigenvalue weighted by Crippen LogP contribution is -2.56. The van der Waals surface area contributed by atoms with Crippen LogP contribution in [0.4, 0.5) is 0 Å². The quantitative estimate of drug-likeness (QED) is 0.556. The van der Waals surface area contributed by atoms with Gasteiger partial charge in [-0.3, -0.25) is 4.79 Å². The summed E-state index contributed by atoms with van der Waals surface area (Å²) < 4.78 is 11.0. The highest BCUT2D eigenvalue weighted by Gasteiger charge is 2.50. The van der Waals surface area contributed by atoms with Gasteiger partial charge in [0.05, 0.1) is 25.9 Å². The zero-order chi connectivity index (χ0) is 24.3. The Hall–Kier alpha value is -2.79. The molecule has 2 fully saturated rings. The number of methoxy groups -OCH3 is 2. The topological polar surface area (TPSA) is 59.0 Å². The van der Waals surface area contributed by atoms with Crippen molar-refractivity contribution in [1.82, 2.24) is 4.90 Å². The summed E-state index contributed by atoms with van der Waals surface area (Å²) in [6, 6.07) is 14.0. The molecule has 5 nitrogen and oxygen atoms in total. The Balaban J connectivity index is 1.65. The highest BCUT2D eigenvalue weighted by Crippen LogP contribution is 2.50. The Labute approximate surface area is 203 Å². The van der Waals surface area contributed by atoms with Crippen molar-refractivity contribution in [2.75, 3.05) is 20.8 Å². The number of amides is 1. The Kier molecular flexibility index (Phi) is 7.32. The van der Waals surface area contributed by atoms with Gasteiger partial charge in [0, 0.05) is 18.5 Å². The molecule has 1 aliphatic heterocycles. The van der Waals surface area contributed by atoms with Crippen LogP contribution < -0.4 is 9.47 Å². The van der Waals surface area contributed by atoms with E-state index in [1.54, 1.807) is 20.3 Å². The van der Waals surface area contributed by atoms with E-state index >= 15 is 0 Å². The summed E-state index contributed by atoms with van der Waals surface area (Å²) in [5.74, 6) is 1.74. The summed E-state index contributed by atoms with van der Waals surface area (Å²) in [4.78, 5) is 15.4. The largest absolute Gasteiger partial charge is 0.493 e. The van der Waals surface area contributed by atoms with Gasteiger partial charge in [-0.1, -0.05) is 57.0 Å². The van der Waals surface area contributed by atoms with Gasteiger partial charge in [-0.05, 0) is 60.1 Å². The van der Waals surface area contributed by atoms with Gasteiger partial charge in [-0.2, -0.15) is 0 Å². The summed E-state index contributed by atoms with van der Waals surface area (Å²) in [5, 5.41) is 11.5. The van der Waals surface area contributed by atoms with Crippen molar-refractivity contribution in [3.63, 3.8) is 0 Å². The van der Waals surface area contributed by atoms with Crippen molar-refractivity contribution < 1.29 is 19.4 Å². The van der Waals surface area contributed by atoms with Crippen molar-refractivity contribution in [1.29, 1.82) is 0 Å².